The molecule has 27 heavy (non-hydrogen) atoms. The summed E-state index contributed by atoms with van der Waals surface area (Å²) in [5.74, 6) is -0.350. The van der Waals surface area contributed by atoms with Gasteiger partial charge in [0, 0.05) is 13.1 Å². The lowest BCUT2D eigenvalue weighted by atomic mass is 9.82. The molecule has 1 aliphatic rings. The van der Waals surface area contributed by atoms with Crippen LogP contribution in [0.4, 0.5) is 22.4 Å². The Morgan fingerprint density at radius 3 is 2.41 bits per heavy atom. The number of halogens is 4. The molecule has 0 aliphatic carbocycles. The lowest BCUT2D eigenvalue weighted by Gasteiger charge is -2.32. The van der Waals surface area contributed by atoms with Gasteiger partial charge in [-0.25, -0.2) is 9.18 Å². The van der Waals surface area contributed by atoms with Gasteiger partial charge in [-0.3, -0.25) is 4.90 Å². The summed E-state index contributed by atoms with van der Waals surface area (Å²) in [5.41, 5.74) is 0.489. The number of amides is 2. The molecule has 2 atom stereocenters. The molecule has 0 aromatic heterocycles. The number of nitrogens with zero attached hydrogens (tertiary/aromatic N) is 1. The van der Waals surface area contributed by atoms with Crippen LogP contribution >= 0.6 is 0 Å². The number of hydrogen-bond donors (Lipinski definition) is 2. The Morgan fingerprint density at radius 1 is 1.22 bits per heavy atom. The van der Waals surface area contributed by atoms with Crippen molar-refractivity contribution in [3.8, 4) is 0 Å². The average molecular weight is 389 g/mol. The van der Waals surface area contributed by atoms with Gasteiger partial charge < -0.3 is 10.6 Å². The maximum Gasteiger partial charge on any atom is 0.401 e. The van der Waals surface area contributed by atoms with Crippen molar-refractivity contribution < 1.29 is 22.4 Å². The minimum absolute atomic E-state index is 0.00277. The topological polar surface area (TPSA) is 44.4 Å². The van der Waals surface area contributed by atoms with E-state index in [-0.39, 0.29) is 29.2 Å². The third-order valence-corrected chi connectivity index (χ3v) is 4.67. The fourth-order valence-electron chi connectivity index (χ4n) is 3.35. The summed E-state index contributed by atoms with van der Waals surface area (Å²) in [5, 5.41) is 5.66. The molecule has 152 valence electrons. The molecule has 1 aliphatic heterocycles. The Labute approximate surface area is 157 Å². The first-order valence-electron chi connectivity index (χ1n) is 9.03. The molecule has 0 spiro atoms. The standard InChI is InChI=1S/C19H27F4N3O/c1-18(2,3)16(14-4-6-15(20)7-5-14)25-17(27)24-10-13-8-9-26(11-13)12-19(21,22)23/h4-7,13,16H,8-12H2,1-3H3,(H2,24,25,27)/t13-,16+/m1/s1. The molecule has 1 saturated heterocycles. The molecule has 1 heterocycles. The molecule has 0 radical (unpaired) electrons. The first-order valence-corrected chi connectivity index (χ1v) is 9.03. The minimum Gasteiger partial charge on any atom is -0.338 e. The van der Waals surface area contributed by atoms with Crippen molar-refractivity contribution in [2.24, 2.45) is 11.3 Å². The highest BCUT2D eigenvalue weighted by atomic mass is 19.4. The van der Waals surface area contributed by atoms with Crippen LogP contribution in [0.15, 0.2) is 24.3 Å². The first kappa shape index (κ1) is 21.5. The largest absolute Gasteiger partial charge is 0.401 e. The second-order valence-corrected chi connectivity index (χ2v) is 8.21. The Balaban J connectivity index is 1.87. The van der Waals surface area contributed by atoms with E-state index in [1.165, 1.54) is 17.0 Å². The van der Waals surface area contributed by atoms with Crippen molar-refractivity contribution in [2.75, 3.05) is 26.2 Å². The lowest BCUT2D eigenvalue weighted by Crippen LogP contribution is -2.44. The van der Waals surface area contributed by atoms with Crippen LogP contribution in [0, 0.1) is 17.2 Å². The van der Waals surface area contributed by atoms with E-state index in [0.717, 1.165) is 5.56 Å². The minimum atomic E-state index is -4.20. The molecule has 8 heteroatoms. The number of likely N-dealkylation sites (tertiary alicyclic amines) is 1. The summed E-state index contributed by atoms with van der Waals surface area (Å²) in [7, 11) is 0. The van der Waals surface area contributed by atoms with Crippen molar-refractivity contribution in [2.45, 2.75) is 39.4 Å². The van der Waals surface area contributed by atoms with Crippen LogP contribution in [0.5, 0.6) is 0 Å². The number of nitrogens with one attached hydrogen (secondary N) is 2. The third-order valence-electron chi connectivity index (χ3n) is 4.67. The van der Waals surface area contributed by atoms with Crippen molar-refractivity contribution >= 4 is 6.03 Å². The van der Waals surface area contributed by atoms with Gasteiger partial charge in [-0.15, -0.1) is 0 Å². The monoisotopic (exact) mass is 389 g/mol. The van der Waals surface area contributed by atoms with Crippen LogP contribution in [-0.4, -0.2) is 43.3 Å². The highest BCUT2D eigenvalue weighted by Crippen LogP contribution is 2.32. The van der Waals surface area contributed by atoms with Gasteiger partial charge in [-0.2, -0.15) is 13.2 Å². The maximum absolute atomic E-state index is 13.2. The molecule has 0 unspecified atom stereocenters. The number of benzene rings is 1. The second-order valence-electron chi connectivity index (χ2n) is 8.21. The van der Waals surface area contributed by atoms with Gasteiger partial charge >= 0.3 is 12.2 Å². The Morgan fingerprint density at radius 2 is 1.85 bits per heavy atom. The van der Waals surface area contributed by atoms with E-state index in [1.54, 1.807) is 12.1 Å². The first-order chi connectivity index (χ1) is 12.4. The highest BCUT2D eigenvalue weighted by Gasteiger charge is 2.34. The van der Waals surface area contributed by atoms with Gasteiger partial charge in [0.15, 0.2) is 0 Å². The summed E-state index contributed by atoms with van der Waals surface area (Å²) < 4.78 is 50.5. The Hall–Kier alpha value is -1.83. The predicted molar refractivity (Wildman–Crippen MR) is 95.7 cm³/mol. The Kier molecular flexibility index (Phi) is 6.72. The zero-order valence-corrected chi connectivity index (χ0v) is 15.9. The van der Waals surface area contributed by atoms with Gasteiger partial charge in [-0.05, 0) is 42.0 Å². The smallest absolute Gasteiger partial charge is 0.338 e. The number of carbonyl (C=O) groups is 1. The van der Waals surface area contributed by atoms with Crippen molar-refractivity contribution in [1.29, 1.82) is 0 Å². The normalized spacial score (nSPS) is 19.7. The molecule has 0 bridgehead atoms. The summed E-state index contributed by atoms with van der Waals surface area (Å²) in [6.45, 7) is 6.01. The summed E-state index contributed by atoms with van der Waals surface area (Å²) in [4.78, 5) is 13.7. The van der Waals surface area contributed by atoms with Gasteiger partial charge in [0.05, 0.1) is 12.6 Å². The summed E-state index contributed by atoms with van der Waals surface area (Å²) >= 11 is 0. The number of carbonyl (C=O) groups excluding carboxylic acids is 1. The van der Waals surface area contributed by atoms with Crippen LogP contribution in [0.25, 0.3) is 0 Å². The van der Waals surface area contributed by atoms with E-state index in [9.17, 15) is 22.4 Å². The van der Waals surface area contributed by atoms with Crippen molar-refractivity contribution in [3.05, 3.63) is 35.6 Å². The number of rotatable bonds is 5. The van der Waals surface area contributed by atoms with Crippen molar-refractivity contribution in [3.63, 3.8) is 0 Å². The van der Waals surface area contributed by atoms with Gasteiger partial charge in [-0.1, -0.05) is 32.9 Å². The fourth-order valence-corrected chi connectivity index (χ4v) is 3.35. The quantitative estimate of drug-likeness (QED) is 0.745. The number of hydrogen-bond acceptors (Lipinski definition) is 2. The second kappa shape index (κ2) is 8.46. The molecule has 2 N–H and O–H groups in total. The highest BCUT2D eigenvalue weighted by molar-refractivity contribution is 5.74. The molecular formula is C19H27F4N3O. The van der Waals surface area contributed by atoms with Gasteiger partial charge in [0.25, 0.3) is 0 Å². The van der Waals surface area contributed by atoms with Crippen LogP contribution < -0.4 is 10.6 Å². The van der Waals surface area contributed by atoms with Crippen molar-refractivity contribution in [1.82, 2.24) is 15.5 Å². The fraction of sp³-hybridized carbons (Fsp3) is 0.632. The SMILES string of the molecule is CC(C)(C)[C@@H](NC(=O)NC[C@H]1CCN(CC(F)(F)F)C1)c1ccc(F)cc1. The van der Waals surface area contributed by atoms with E-state index in [1.807, 2.05) is 20.8 Å². The zero-order valence-electron chi connectivity index (χ0n) is 15.9. The molecule has 4 nitrogen and oxygen atoms in total. The predicted octanol–water partition coefficient (Wildman–Crippen LogP) is 4.10. The van der Waals surface area contributed by atoms with Crippen LogP contribution in [0.3, 0.4) is 0 Å². The third kappa shape index (κ3) is 7.01. The van der Waals surface area contributed by atoms with Gasteiger partial charge in [0.1, 0.15) is 5.82 Å². The Bertz CT molecular complexity index is 625. The maximum atomic E-state index is 13.2. The van der Waals surface area contributed by atoms with Crippen LogP contribution in [0.1, 0.15) is 38.8 Å². The van der Waals surface area contributed by atoms with Crippen LogP contribution in [0.2, 0.25) is 0 Å². The van der Waals surface area contributed by atoms with Gasteiger partial charge in [0.2, 0.25) is 0 Å². The zero-order chi connectivity index (χ0) is 20.2. The van der Waals surface area contributed by atoms with E-state index < -0.39 is 12.7 Å². The molecule has 1 aromatic carbocycles. The summed E-state index contributed by atoms with van der Waals surface area (Å²) in [6.07, 6.45) is -3.58. The van der Waals surface area contributed by atoms with E-state index in [0.29, 0.717) is 26.1 Å². The number of alkyl halides is 3. The van der Waals surface area contributed by atoms with E-state index in [2.05, 4.69) is 10.6 Å². The van der Waals surface area contributed by atoms with E-state index in [4.69, 9.17) is 0 Å². The molecule has 1 aromatic rings. The molecule has 2 rings (SSSR count). The average Bonchev–Trinajstić information content (AvgIpc) is 2.96. The summed E-state index contributed by atoms with van der Waals surface area (Å²) in [6, 6.07) is 5.26. The van der Waals surface area contributed by atoms with Crippen LogP contribution in [-0.2, 0) is 0 Å². The number of urea groups is 1. The lowest BCUT2D eigenvalue weighted by molar-refractivity contribution is -0.143. The molecule has 1 fully saturated rings. The van der Waals surface area contributed by atoms with E-state index >= 15 is 0 Å². The molecule has 0 saturated carbocycles. The molecule has 2 amide bonds. The molecular weight excluding hydrogens is 362 g/mol.